The van der Waals surface area contributed by atoms with Gasteiger partial charge in [0.15, 0.2) is 0 Å². The van der Waals surface area contributed by atoms with Crippen LogP contribution in [0.25, 0.3) is 21.5 Å². The fourth-order valence-corrected chi connectivity index (χ4v) is 4.47. The number of rotatable bonds is 5. The second-order valence-corrected chi connectivity index (χ2v) is 7.53. The molecule has 4 rings (SSSR count). The Kier molecular flexibility index (Phi) is 4.69. The molecule has 0 atom stereocenters. The van der Waals surface area contributed by atoms with Crippen molar-refractivity contribution in [3.05, 3.63) is 68.8 Å². The summed E-state index contributed by atoms with van der Waals surface area (Å²) in [7, 11) is 0. The molecule has 0 saturated carbocycles. The van der Waals surface area contributed by atoms with E-state index in [4.69, 9.17) is 0 Å². The Morgan fingerprint density at radius 2 is 2.00 bits per heavy atom. The largest absolute Gasteiger partial charge is 0.315 e. The molecule has 136 valence electrons. The molecule has 0 aliphatic rings. The molecular weight excluding hydrogens is 382 g/mol. The number of fused-ring (bicyclic) bond motifs is 1. The van der Waals surface area contributed by atoms with Crippen LogP contribution in [0.3, 0.4) is 0 Å². The van der Waals surface area contributed by atoms with Crippen LogP contribution in [0.5, 0.6) is 0 Å². The number of nitro benzene ring substituents is 1. The number of para-hydroxylation sites is 1. The molecular formula is C18H15N5O2S2. The van der Waals surface area contributed by atoms with Gasteiger partial charge in [0, 0.05) is 24.1 Å². The molecule has 2 heterocycles. The first-order valence-corrected chi connectivity index (χ1v) is 9.94. The Morgan fingerprint density at radius 1 is 1.22 bits per heavy atom. The zero-order chi connectivity index (χ0) is 18.8. The van der Waals surface area contributed by atoms with E-state index in [-0.39, 0.29) is 5.69 Å². The molecule has 27 heavy (non-hydrogen) atoms. The number of nitro groups is 1. The maximum absolute atomic E-state index is 10.8. The van der Waals surface area contributed by atoms with E-state index in [0.29, 0.717) is 0 Å². The standard InChI is InChI=1S/C18H15N5O2S2/c1-2-22-15(12-7-9-13(10-8-12)23(24)25)11-26-18(22)21-20-17-19-14-5-3-4-6-16(14)27-17/h3-11H,2H2,1H3,(H,19,20)/b21-18+. The highest BCUT2D eigenvalue weighted by Crippen LogP contribution is 2.26. The molecule has 0 radical (unpaired) electrons. The van der Waals surface area contributed by atoms with Crippen molar-refractivity contribution in [2.24, 2.45) is 5.10 Å². The van der Waals surface area contributed by atoms with Crippen LogP contribution in [0.1, 0.15) is 6.92 Å². The fraction of sp³-hybridized carbons (Fsp3) is 0.111. The summed E-state index contributed by atoms with van der Waals surface area (Å²) in [6.45, 7) is 2.77. The van der Waals surface area contributed by atoms with Gasteiger partial charge in [-0.1, -0.05) is 23.5 Å². The molecule has 9 heteroatoms. The molecule has 4 aromatic rings. The van der Waals surface area contributed by atoms with E-state index < -0.39 is 4.92 Å². The van der Waals surface area contributed by atoms with Gasteiger partial charge in [0.25, 0.3) is 5.69 Å². The molecule has 0 amide bonds. The normalized spacial score (nSPS) is 11.8. The Hall–Kier alpha value is -3.04. The Labute approximate surface area is 162 Å². The molecule has 0 aliphatic carbocycles. The predicted molar refractivity (Wildman–Crippen MR) is 109 cm³/mol. The SMILES string of the molecule is CCn1c(-c2ccc([N+](=O)[O-])cc2)cs/c1=N/Nc1nc2ccccc2s1. The number of anilines is 1. The van der Waals surface area contributed by atoms with Gasteiger partial charge >= 0.3 is 0 Å². The van der Waals surface area contributed by atoms with E-state index in [1.165, 1.54) is 23.5 Å². The smallest absolute Gasteiger partial charge is 0.269 e. The zero-order valence-electron chi connectivity index (χ0n) is 14.3. The lowest BCUT2D eigenvalue weighted by atomic mass is 10.1. The number of benzene rings is 2. The van der Waals surface area contributed by atoms with Crippen LogP contribution < -0.4 is 10.2 Å². The van der Waals surface area contributed by atoms with Gasteiger partial charge in [-0.15, -0.1) is 16.4 Å². The minimum absolute atomic E-state index is 0.0828. The van der Waals surface area contributed by atoms with Gasteiger partial charge in [-0.05, 0) is 36.8 Å². The molecule has 0 fully saturated rings. The van der Waals surface area contributed by atoms with Gasteiger partial charge in [-0.3, -0.25) is 10.1 Å². The molecule has 2 aromatic carbocycles. The van der Waals surface area contributed by atoms with Crippen molar-refractivity contribution >= 4 is 43.7 Å². The highest BCUT2D eigenvalue weighted by atomic mass is 32.1. The van der Waals surface area contributed by atoms with Crippen molar-refractivity contribution < 1.29 is 4.92 Å². The average molecular weight is 397 g/mol. The van der Waals surface area contributed by atoms with Gasteiger partial charge in [0.05, 0.1) is 20.8 Å². The lowest BCUT2D eigenvalue weighted by Crippen LogP contribution is -2.16. The Morgan fingerprint density at radius 3 is 2.70 bits per heavy atom. The number of aromatic nitrogens is 2. The molecule has 1 N–H and O–H groups in total. The van der Waals surface area contributed by atoms with E-state index in [1.54, 1.807) is 23.5 Å². The third kappa shape index (κ3) is 3.46. The Bertz CT molecular complexity index is 1140. The third-order valence-electron chi connectivity index (χ3n) is 4.03. The van der Waals surface area contributed by atoms with E-state index in [2.05, 4.69) is 20.1 Å². The lowest BCUT2D eigenvalue weighted by molar-refractivity contribution is -0.384. The summed E-state index contributed by atoms with van der Waals surface area (Å²) in [6, 6.07) is 14.5. The number of hydrogen-bond donors (Lipinski definition) is 1. The number of hydrogen-bond acceptors (Lipinski definition) is 7. The van der Waals surface area contributed by atoms with E-state index in [0.717, 1.165) is 38.0 Å². The number of thiazole rings is 2. The molecule has 0 saturated heterocycles. The number of non-ortho nitro benzene ring substituents is 1. The molecule has 0 bridgehead atoms. The van der Waals surface area contributed by atoms with Crippen LogP contribution in [0.4, 0.5) is 10.8 Å². The number of nitrogens with zero attached hydrogens (tertiary/aromatic N) is 4. The highest BCUT2D eigenvalue weighted by Gasteiger charge is 2.10. The minimum atomic E-state index is -0.395. The Balaban J connectivity index is 1.65. The lowest BCUT2D eigenvalue weighted by Gasteiger charge is -2.05. The number of nitrogens with one attached hydrogen (secondary N) is 1. The van der Waals surface area contributed by atoms with Gasteiger partial charge < -0.3 is 4.57 Å². The van der Waals surface area contributed by atoms with Crippen molar-refractivity contribution in [2.45, 2.75) is 13.5 Å². The fourth-order valence-electron chi connectivity index (χ4n) is 2.72. The van der Waals surface area contributed by atoms with Crippen LogP contribution in [0.15, 0.2) is 59.0 Å². The quantitative estimate of drug-likeness (QED) is 0.391. The second-order valence-electron chi connectivity index (χ2n) is 5.66. The maximum atomic E-state index is 10.8. The molecule has 0 spiro atoms. The maximum Gasteiger partial charge on any atom is 0.269 e. The van der Waals surface area contributed by atoms with Gasteiger partial charge in [0.1, 0.15) is 0 Å². The third-order valence-corrected chi connectivity index (χ3v) is 5.83. The van der Waals surface area contributed by atoms with Crippen LogP contribution in [-0.2, 0) is 6.54 Å². The summed E-state index contributed by atoms with van der Waals surface area (Å²) in [5.41, 5.74) is 5.97. The van der Waals surface area contributed by atoms with Crippen LogP contribution in [0.2, 0.25) is 0 Å². The average Bonchev–Trinajstić information content (AvgIpc) is 3.29. The van der Waals surface area contributed by atoms with Crippen LogP contribution >= 0.6 is 22.7 Å². The summed E-state index contributed by atoms with van der Waals surface area (Å²) in [5.74, 6) is 0. The summed E-state index contributed by atoms with van der Waals surface area (Å²) < 4.78 is 3.17. The minimum Gasteiger partial charge on any atom is -0.315 e. The zero-order valence-corrected chi connectivity index (χ0v) is 16.0. The molecule has 0 aliphatic heterocycles. The van der Waals surface area contributed by atoms with Crippen LogP contribution in [-0.4, -0.2) is 14.5 Å². The molecule has 0 unspecified atom stereocenters. The van der Waals surface area contributed by atoms with E-state index in [9.17, 15) is 10.1 Å². The molecule has 7 nitrogen and oxygen atoms in total. The van der Waals surface area contributed by atoms with Gasteiger partial charge in [-0.25, -0.2) is 10.4 Å². The van der Waals surface area contributed by atoms with Crippen molar-refractivity contribution in [3.63, 3.8) is 0 Å². The first-order valence-electron chi connectivity index (χ1n) is 8.24. The monoisotopic (exact) mass is 397 g/mol. The highest BCUT2D eigenvalue weighted by molar-refractivity contribution is 7.22. The van der Waals surface area contributed by atoms with Crippen molar-refractivity contribution in [1.29, 1.82) is 0 Å². The first kappa shape index (κ1) is 17.4. The summed E-state index contributed by atoms with van der Waals surface area (Å²) >= 11 is 3.06. The molecule has 2 aromatic heterocycles. The van der Waals surface area contributed by atoms with Crippen LogP contribution in [0, 0.1) is 10.1 Å². The summed E-state index contributed by atoms with van der Waals surface area (Å²) in [6.07, 6.45) is 0. The summed E-state index contributed by atoms with van der Waals surface area (Å²) in [5, 5.41) is 18.1. The van der Waals surface area contributed by atoms with E-state index >= 15 is 0 Å². The van der Waals surface area contributed by atoms with Crippen molar-refractivity contribution in [1.82, 2.24) is 9.55 Å². The topological polar surface area (TPSA) is 85.3 Å². The second kappa shape index (κ2) is 7.29. The van der Waals surface area contributed by atoms with Gasteiger partial charge in [-0.2, -0.15) is 0 Å². The first-order chi connectivity index (χ1) is 13.2. The van der Waals surface area contributed by atoms with Gasteiger partial charge in [0.2, 0.25) is 9.93 Å². The van der Waals surface area contributed by atoms with E-state index in [1.807, 2.05) is 36.6 Å². The van der Waals surface area contributed by atoms with Crippen molar-refractivity contribution in [2.75, 3.05) is 5.43 Å². The summed E-state index contributed by atoms with van der Waals surface area (Å²) in [4.78, 5) is 15.8. The predicted octanol–water partition coefficient (Wildman–Crippen LogP) is 4.68. The van der Waals surface area contributed by atoms with Crippen molar-refractivity contribution in [3.8, 4) is 11.3 Å².